The molecule has 0 saturated carbocycles. The molecule has 0 aromatic heterocycles. The Balaban J connectivity index is 1.46. The van der Waals surface area contributed by atoms with E-state index in [1.165, 1.54) is 11.8 Å². The van der Waals surface area contributed by atoms with Gasteiger partial charge in [0.2, 0.25) is 0 Å². The Morgan fingerprint density at radius 2 is 1.46 bits per heavy atom. The van der Waals surface area contributed by atoms with Crippen LogP contribution in [-0.4, -0.2) is 30.1 Å². The summed E-state index contributed by atoms with van der Waals surface area (Å²) in [6.45, 7) is 2.55. The van der Waals surface area contributed by atoms with E-state index in [0.717, 1.165) is 10.5 Å². The monoisotopic (exact) mass is 566 g/mol. The Morgan fingerprint density at radius 1 is 0.805 bits per heavy atom. The first-order chi connectivity index (χ1) is 20.0. The summed E-state index contributed by atoms with van der Waals surface area (Å²) in [5.41, 5.74) is 2.82. The number of thioether (sulfide) groups is 1. The van der Waals surface area contributed by atoms with Crippen LogP contribution in [0.1, 0.15) is 28.4 Å². The summed E-state index contributed by atoms with van der Waals surface area (Å²) in [4.78, 5) is 38.7. The second-order valence-electron chi connectivity index (χ2n) is 8.79. The van der Waals surface area contributed by atoms with Gasteiger partial charge >= 0.3 is 5.97 Å². The van der Waals surface area contributed by atoms with Gasteiger partial charge in [0.1, 0.15) is 18.1 Å². The predicted molar refractivity (Wildman–Crippen MR) is 162 cm³/mol. The molecule has 4 aromatic carbocycles. The second-order valence-corrected chi connectivity index (χ2v) is 9.84. The van der Waals surface area contributed by atoms with Gasteiger partial charge in [0.05, 0.1) is 12.4 Å². The zero-order valence-electron chi connectivity index (χ0n) is 22.5. The molecule has 0 fully saturated rings. The van der Waals surface area contributed by atoms with Gasteiger partial charge < -0.3 is 20.1 Å². The molecule has 0 bridgehead atoms. The standard InChI is InChI=1S/C33H30N2O5S/c1-2-39-31(36)23-41-29-19-15-27(16-20-29)34-33(38)30(35-32(37)26-11-7-4-8-12-26)21-24-13-17-28(18-14-24)40-22-25-9-5-3-6-10-25/h3-21H,2,22-23H2,1H3,(H,34,38)(H,35,37)/b30-21-. The molecule has 8 heteroatoms. The third kappa shape index (κ3) is 9.40. The number of carbonyl (C=O) groups excluding carboxylic acids is 3. The van der Waals surface area contributed by atoms with Gasteiger partial charge in [0.15, 0.2) is 0 Å². The number of esters is 1. The quantitative estimate of drug-likeness (QED) is 0.118. The fourth-order valence-corrected chi connectivity index (χ4v) is 4.38. The lowest BCUT2D eigenvalue weighted by Crippen LogP contribution is -2.30. The number of anilines is 1. The first-order valence-electron chi connectivity index (χ1n) is 13.0. The van der Waals surface area contributed by atoms with Crippen molar-refractivity contribution < 1.29 is 23.9 Å². The number of rotatable bonds is 12. The highest BCUT2D eigenvalue weighted by Crippen LogP contribution is 2.21. The van der Waals surface area contributed by atoms with Gasteiger partial charge in [0.25, 0.3) is 11.8 Å². The van der Waals surface area contributed by atoms with Crippen LogP contribution < -0.4 is 15.4 Å². The van der Waals surface area contributed by atoms with Crippen molar-refractivity contribution in [2.24, 2.45) is 0 Å². The van der Waals surface area contributed by atoms with Gasteiger partial charge in [-0.3, -0.25) is 14.4 Å². The first kappa shape index (κ1) is 29.2. The molecule has 0 radical (unpaired) electrons. The minimum Gasteiger partial charge on any atom is -0.489 e. The Bertz CT molecular complexity index is 1470. The summed E-state index contributed by atoms with van der Waals surface area (Å²) in [5, 5.41) is 5.58. The topological polar surface area (TPSA) is 93.7 Å². The molecule has 2 N–H and O–H groups in total. The molecule has 0 aliphatic carbocycles. The molecular formula is C33H30N2O5S. The number of benzene rings is 4. The highest BCUT2D eigenvalue weighted by molar-refractivity contribution is 8.00. The Kier molecular flexibility index (Phi) is 10.7. The molecule has 0 aliphatic heterocycles. The predicted octanol–water partition coefficient (Wildman–Crippen LogP) is 6.33. The van der Waals surface area contributed by atoms with E-state index in [1.807, 2.05) is 60.7 Å². The highest BCUT2D eigenvalue weighted by Gasteiger charge is 2.15. The van der Waals surface area contributed by atoms with Crippen molar-refractivity contribution in [1.82, 2.24) is 5.32 Å². The Labute approximate surface area is 243 Å². The van der Waals surface area contributed by atoms with Crippen LogP contribution in [0.5, 0.6) is 5.75 Å². The Hall–Kier alpha value is -4.82. The van der Waals surface area contributed by atoms with Crippen LogP contribution in [0.25, 0.3) is 6.08 Å². The third-order valence-corrected chi connectivity index (χ3v) is 6.73. The molecule has 0 saturated heterocycles. The molecule has 0 spiro atoms. The minimum absolute atomic E-state index is 0.0811. The Morgan fingerprint density at radius 3 is 2.12 bits per heavy atom. The van der Waals surface area contributed by atoms with Gasteiger partial charge in [-0.2, -0.15) is 0 Å². The van der Waals surface area contributed by atoms with Crippen LogP contribution in [-0.2, 0) is 20.9 Å². The van der Waals surface area contributed by atoms with Crippen LogP contribution in [0.4, 0.5) is 5.69 Å². The summed E-state index contributed by atoms with van der Waals surface area (Å²) in [5.74, 6) is -0.277. The van der Waals surface area contributed by atoms with E-state index in [1.54, 1.807) is 61.5 Å². The molecule has 0 atom stereocenters. The van der Waals surface area contributed by atoms with Crippen molar-refractivity contribution >= 4 is 41.3 Å². The number of carbonyl (C=O) groups is 3. The lowest BCUT2D eigenvalue weighted by atomic mass is 10.1. The van der Waals surface area contributed by atoms with Crippen molar-refractivity contribution in [2.75, 3.05) is 17.7 Å². The summed E-state index contributed by atoms with van der Waals surface area (Å²) < 4.78 is 10.8. The molecule has 0 heterocycles. The normalized spacial score (nSPS) is 10.9. The summed E-state index contributed by atoms with van der Waals surface area (Å²) in [6, 6.07) is 32.9. The zero-order chi connectivity index (χ0) is 28.9. The number of nitrogens with one attached hydrogen (secondary N) is 2. The van der Waals surface area contributed by atoms with Gasteiger partial charge in [-0.05, 0) is 72.7 Å². The van der Waals surface area contributed by atoms with E-state index in [4.69, 9.17) is 9.47 Å². The first-order valence-corrected chi connectivity index (χ1v) is 14.0. The van der Waals surface area contributed by atoms with Crippen LogP contribution in [0.3, 0.4) is 0 Å². The van der Waals surface area contributed by atoms with E-state index >= 15 is 0 Å². The molecule has 4 rings (SSSR count). The number of ether oxygens (including phenoxy) is 2. The van der Waals surface area contributed by atoms with Gasteiger partial charge in [-0.25, -0.2) is 0 Å². The van der Waals surface area contributed by atoms with Crippen LogP contribution in [0.2, 0.25) is 0 Å². The van der Waals surface area contributed by atoms with E-state index in [2.05, 4.69) is 10.6 Å². The van der Waals surface area contributed by atoms with Crippen molar-refractivity contribution in [3.8, 4) is 5.75 Å². The molecule has 41 heavy (non-hydrogen) atoms. The lowest BCUT2D eigenvalue weighted by Gasteiger charge is -2.12. The van der Waals surface area contributed by atoms with E-state index in [9.17, 15) is 14.4 Å². The van der Waals surface area contributed by atoms with Crippen LogP contribution in [0.15, 0.2) is 120 Å². The van der Waals surface area contributed by atoms with Crippen LogP contribution in [0, 0.1) is 0 Å². The molecule has 0 unspecified atom stereocenters. The number of hydrogen-bond donors (Lipinski definition) is 2. The van der Waals surface area contributed by atoms with Gasteiger partial charge in [-0.1, -0.05) is 60.7 Å². The van der Waals surface area contributed by atoms with E-state index in [0.29, 0.717) is 35.8 Å². The minimum atomic E-state index is -0.481. The average Bonchev–Trinajstić information content (AvgIpc) is 3.01. The third-order valence-electron chi connectivity index (χ3n) is 5.74. The molecule has 4 aromatic rings. The maximum absolute atomic E-state index is 13.3. The highest BCUT2D eigenvalue weighted by atomic mass is 32.2. The number of hydrogen-bond acceptors (Lipinski definition) is 6. The SMILES string of the molecule is CCOC(=O)CSc1ccc(NC(=O)/C(=C/c2ccc(OCc3ccccc3)cc2)NC(=O)c2ccccc2)cc1. The largest absolute Gasteiger partial charge is 0.489 e. The lowest BCUT2D eigenvalue weighted by molar-refractivity contribution is -0.139. The molecule has 7 nitrogen and oxygen atoms in total. The maximum Gasteiger partial charge on any atom is 0.316 e. The van der Waals surface area contributed by atoms with Crippen molar-refractivity contribution in [1.29, 1.82) is 0 Å². The molecule has 208 valence electrons. The fourth-order valence-electron chi connectivity index (χ4n) is 3.69. The van der Waals surface area contributed by atoms with Crippen LogP contribution >= 0.6 is 11.8 Å². The zero-order valence-corrected chi connectivity index (χ0v) is 23.4. The van der Waals surface area contributed by atoms with Crippen molar-refractivity contribution in [2.45, 2.75) is 18.4 Å². The maximum atomic E-state index is 13.3. The second kappa shape index (κ2) is 15.1. The van der Waals surface area contributed by atoms with Gasteiger partial charge in [0, 0.05) is 16.1 Å². The van der Waals surface area contributed by atoms with E-state index < -0.39 is 11.8 Å². The number of amides is 2. The smallest absolute Gasteiger partial charge is 0.316 e. The van der Waals surface area contributed by atoms with Crippen molar-refractivity contribution in [3.63, 3.8) is 0 Å². The molecule has 0 aliphatic rings. The summed E-state index contributed by atoms with van der Waals surface area (Å²) >= 11 is 1.35. The fraction of sp³-hybridized carbons (Fsp3) is 0.121. The molecular weight excluding hydrogens is 536 g/mol. The van der Waals surface area contributed by atoms with Crippen molar-refractivity contribution in [3.05, 3.63) is 132 Å². The molecule has 2 amide bonds. The van der Waals surface area contributed by atoms with E-state index in [-0.39, 0.29) is 17.4 Å². The van der Waals surface area contributed by atoms with Gasteiger partial charge in [-0.15, -0.1) is 11.8 Å². The average molecular weight is 567 g/mol. The summed E-state index contributed by atoms with van der Waals surface area (Å²) in [7, 11) is 0. The summed E-state index contributed by atoms with van der Waals surface area (Å²) in [6.07, 6.45) is 1.61.